The first-order valence-corrected chi connectivity index (χ1v) is 10.1. The van der Waals surface area contributed by atoms with Gasteiger partial charge in [-0.05, 0) is 42.8 Å². The molecule has 0 amide bonds. The molecule has 2 aromatic rings. The third-order valence-corrected chi connectivity index (χ3v) is 6.25. The maximum atomic E-state index is 6.15. The first-order chi connectivity index (χ1) is 12.3. The van der Waals surface area contributed by atoms with Crippen molar-refractivity contribution in [3.05, 3.63) is 52.5 Å². The van der Waals surface area contributed by atoms with Gasteiger partial charge in [0.2, 0.25) is 0 Å². The standard InChI is InChI=1S/C20H26N2O2S/c1-2-9-21-17(5-1)14-23-16-20-8-4-11-24-19(20)7-10-22(15-20)13-18-6-3-12-25-18/h1-3,5-6,9,12,19H,4,7-8,10-11,13-16H2/t19-,20-/m1/s1. The van der Waals surface area contributed by atoms with Crippen molar-refractivity contribution in [1.82, 2.24) is 9.88 Å². The second-order valence-corrected chi connectivity index (χ2v) is 8.25. The van der Waals surface area contributed by atoms with Crippen LogP contribution in [0, 0.1) is 5.41 Å². The van der Waals surface area contributed by atoms with Gasteiger partial charge in [-0.1, -0.05) is 12.1 Å². The number of piperidine rings is 1. The number of thiophene rings is 1. The number of rotatable bonds is 6. The minimum Gasteiger partial charge on any atom is -0.377 e. The minimum atomic E-state index is 0.128. The molecule has 2 aliphatic heterocycles. The van der Waals surface area contributed by atoms with E-state index in [9.17, 15) is 0 Å². The Bertz CT molecular complexity index is 649. The van der Waals surface area contributed by atoms with Crippen LogP contribution in [-0.2, 0) is 22.6 Å². The quantitative estimate of drug-likeness (QED) is 0.788. The van der Waals surface area contributed by atoms with Gasteiger partial charge in [0, 0.05) is 42.7 Å². The number of hydrogen-bond donors (Lipinski definition) is 0. The highest BCUT2D eigenvalue weighted by molar-refractivity contribution is 7.09. The molecule has 2 saturated heterocycles. The van der Waals surface area contributed by atoms with Crippen LogP contribution in [0.5, 0.6) is 0 Å². The third-order valence-electron chi connectivity index (χ3n) is 5.39. The molecular formula is C20H26N2O2S. The van der Waals surface area contributed by atoms with Gasteiger partial charge in [0.15, 0.2) is 0 Å². The van der Waals surface area contributed by atoms with E-state index >= 15 is 0 Å². The number of pyridine rings is 1. The third kappa shape index (κ3) is 4.11. The predicted octanol–water partition coefficient (Wildman–Crippen LogP) is 3.73. The van der Waals surface area contributed by atoms with Gasteiger partial charge >= 0.3 is 0 Å². The fourth-order valence-corrected chi connectivity index (χ4v) is 4.94. The van der Waals surface area contributed by atoms with Gasteiger partial charge in [-0.3, -0.25) is 9.88 Å². The lowest BCUT2D eigenvalue weighted by Crippen LogP contribution is -2.56. The van der Waals surface area contributed by atoms with Crippen LogP contribution in [0.2, 0.25) is 0 Å². The Labute approximate surface area is 153 Å². The molecule has 0 saturated carbocycles. The van der Waals surface area contributed by atoms with E-state index in [2.05, 4.69) is 27.4 Å². The first kappa shape index (κ1) is 17.2. The van der Waals surface area contributed by atoms with E-state index in [0.29, 0.717) is 12.7 Å². The molecule has 0 unspecified atom stereocenters. The summed E-state index contributed by atoms with van der Waals surface area (Å²) in [7, 11) is 0. The molecule has 2 aliphatic rings. The van der Waals surface area contributed by atoms with Gasteiger partial charge in [-0.2, -0.15) is 0 Å². The number of fused-ring (bicyclic) bond motifs is 1. The normalized spacial score (nSPS) is 27.1. The Morgan fingerprint density at radius 1 is 1.32 bits per heavy atom. The van der Waals surface area contributed by atoms with E-state index in [1.165, 1.54) is 11.3 Å². The fraction of sp³-hybridized carbons (Fsp3) is 0.550. The van der Waals surface area contributed by atoms with Gasteiger partial charge in [0.1, 0.15) is 0 Å². The Hall–Kier alpha value is -1.27. The van der Waals surface area contributed by atoms with Gasteiger partial charge in [-0.25, -0.2) is 0 Å². The summed E-state index contributed by atoms with van der Waals surface area (Å²) >= 11 is 1.85. The van der Waals surface area contributed by atoms with Crippen molar-refractivity contribution in [2.45, 2.75) is 38.5 Å². The van der Waals surface area contributed by atoms with Crippen molar-refractivity contribution in [3.63, 3.8) is 0 Å². The van der Waals surface area contributed by atoms with Crippen molar-refractivity contribution >= 4 is 11.3 Å². The highest BCUT2D eigenvalue weighted by Gasteiger charge is 2.46. The summed E-state index contributed by atoms with van der Waals surface area (Å²) in [6, 6.07) is 10.4. The number of likely N-dealkylation sites (tertiary alicyclic amines) is 1. The smallest absolute Gasteiger partial charge is 0.0888 e. The van der Waals surface area contributed by atoms with E-state index in [0.717, 1.165) is 51.4 Å². The number of nitrogens with zero attached hydrogens (tertiary/aromatic N) is 2. The monoisotopic (exact) mass is 358 g/mol. The zero-order valence-corrected chi connectivity index (χ0v) is 15.4. The molecular weight excluding hydrogens is 332 g/mol. The molecule has 2 fully saturated rings. The van der Waals surface area contributed by atoms with Crippen LogP contribution < -0.4 is 0 Å². The van der Waals surface area contributed by atoms with Crippen molar-refractivity contribution in [2.24, 2.45) is 5.41 Å². The van der Waals surface area contributed by atoms with Crippen LogP contribution >= 0.6 is 11.3 Å². The highest BCUT2D eigenvalue weighted by Crippen LogP contribution is 2.41. The lowest BCUT2D eigenvalue weighted by atomic mass is 9.73. The zero-order valence-electron chi connectivity index (χ0n) is 14.6. The summed E-state index contributed by atoms with van der Waals surface area (Å²) in [5.74, 6) is 0. The topological polar surface area (TPSA) is 34.6 Å². The minimum absolute atomic E-state index is 0.128. The molecule has 134 valence electrons. The molecule has 0 N–H and O–H groups in total. The summed E-state index contributed by atoms with van der Waals surface area (Å²) in [5, 5.41) is 2.16. The van der Waals surface area contributed by atoms with E-state index in [1.54, 1.807) is 0 Å². The SMILES string of the molecule is c1ccc(COC[C@]23CCCO[C@@H]2CCN(Cc2cccs2)C3)nc1. The molecule has 5 heteroatoms. The van der Waals surface area contributed by atoms with Crippen molar-refractivity contribution in [2.75, 3.05) is 26.3 Å². The molecule has 0 bridgehead atoms. The molecule has 2 atom stereocenters. The maximum Gasteiger partial charge on any atom is 0.0888 e. The molecule has 4 rings (SSSR count). The lowest BCUT2D eigenvalue weighted by molar-refractivity contribution is -0.155. The Morgan fingerprint density at radius 3 is 3.16 bits per heavy atom. The summed E-state index contributed by atoms with van der Waals surface area (Å²) in [6.07, 6.45) is 5.60. The second kappa shape index (κ2) is 7.96. The van der Waals surface area contributed by atoms with Crippen LogP contribution in [0.1, 0.15) is 29.8 Å². The van der Waals surface area contributed by atoms with Gasteiger partial charge in [-0.15, -0.1) is 11.3 Å². The average molecular weight is 359 g/mol. The molecule has 2 aromatic heterocycles. The molecule has 0 radical (unpaired) electrons. The Kier molecular flexibility index (Phi) is 5.46. The number of hydrogen-bond acceptors (Lipinski definition) is 5. The van der Waals surface area contributed by atoms with E-state index in [1.807, 2.05) is 35.7 Å². The van der Waals surface area contributed by atoms with Crippen LogP contribution in [0.25, 0.3) is 0 Å². The summed E-state index contributed by atoms with van der Waals surface area (Å²) < 4.78 is 12.3. The van der Waals surface area contributed by atoms with Gasteiger partial charge in [0.05, 0.1) is 25.0 Å². The van der Waals surface area contributed by atoms with Gasteiger partial charge in [0.25, 0.3) is 0 Å². The van der Waals surface area contributed by atoms with Crippen molar-refractivity contribution in [3.8, 4) is 0 Å². The van der Waals surface area contributed by atoms with Crippen molar-refractivity contribution in [1.29, 1.82) is 0 Å². The van der Waals surface area contributed by atoms with E-state index in [-0.39, 0.29) is 5.41 Å². The molecule has 0 aliphatic carbocycles. The van der Waals surface area contributed by atoms with Crippen LogP contribution in [0.4, 0.5) is 0 Å². The largest absolute Gasteiger partial charge is 0.377 e. The second-order valence-electron chi connectivity index (χ2n) is 7.22. The zero-order chi connectivity index (χ0) is 17.0. The molecule has 0 aromatic carbocycles. The molecule has 4 nitrogen and oxygen atoms in total. The fourth-order valence-electron chi connectivity index (χ4n) is 4.19. The average Bonchev–Trinajstić information content (AvgIpc) is 3.15. The summed E-state index contributed by atoms with van der Waals surface area (Å²) in [5.41, 5.74) is 1.13. The number of aromatic nitrogens is 1. The van der Waals surface area contributed by atoms with Gasteiger partial charge < -0.3 is 9.47 Å². The number of ether oxygens (including phenoxy) is 2. The molecule has 4 heterocycles. The van der Waals surface area contributed by atoms with Crippen LogP contribution in [-0.4, -0.2) is 42.3 Å². The highest BCUT2D eigenvalue weighted by atomic mass is 32.1. The summed E-state index contributed by atoms with van der Waals surface area (Å²) in [6.45, 7) is 5.47. The maximum absolute atomic E-state index is 6.15. The molecule has 25 heavy (non-hydrogen) atoms. The van der Waals surface area contributed by atoms with E-state index < -0.39 is 0 Å². The van der Waals surface area contributed by atoms with Crippen LogP contribution in [0.15, 0.2) is 41.9 Å². The van der Waals surface area contributed by atoms with E-state index in [4.69, 9.17) is 9.47 Å². The van der Waals surface area contributed by atoms with Crippen LogP contribution in [0.3, 0.4) is 0 Å². The predicted molar refractivity (Wildman–Crippen MR) is 99.5 cm³/mol. The summed E-state index contributed by atoms with van der Waals surface area (Å²) in [4.78, 5) is 8.39. The first-order valence-electron chi connectivity index (χ1n) is 9.18. The molecule has 0 spiro atoms. The Morgan fingerprint density at radius 2 is 2.32 bits per heavy atom. The Balaban J connectivity index is 1.40. The lowest BCUT2D eigenvalue weighted by Gasteiger charge is -2.50. The van der Waals surface area contributed by atoms with Crippen molar-refractivity contribution < 1.29 is 9.47 Å².